The Labute approximate surface area is 121 Å². The molecular weight excluding hydrogens is 268 g/mol. The molecule has 21 heavy (non-hydrogen) atoms. The molecule has 6 heteroatoms. The standard InChI is InChI=1S/C15H14N4O2/c1-19(2)11-8-16-15(17-9-11)18-12-7-10-5-3-4-6-13(10)21-14(12)20/h3-9H,1-2H3,(H,16,17,18). The Bertz CT molecular complexity index is 825. The lowest BCUT2D eigenvalue weighted by Gasteiger charge is -2.11. The summed E-state index contributed by atoms with van der Waals surface area (Å²) < 4.78 is 5.25. The first-order chi connectivity index (χ1) is 10.1. The van der Waals surface area contributed by atoms with E-state index in [9.17, 15) is 4.79 Å². The van der Waals surface area contributed by atoms with Crippen molar-refractivity contribution in [3.8, 4) is 0 Å². The first kappa shape index (κ1) is 13.1. The van der Waals surface area contributed by atoms with Gasteiger partial charge in [0.1, 0.15) is 11.3 Å². The Morgan fingerprint density at radius 3 is 2.57 bits per heavy atom. The van der Waals surface area contributed by atoms with Crippen molar-refractivity contribution in [1.82, 2.24) is 9.97 Å². The second kappa shape index (κ2) is 5.24. The molecule has 1 aromatic carbocycles. The van der Waals surface area contributed by atoms with Crippen molar-refractivity contribution in [1.29, 1.82) is 0 Å². The smallest absolute Gasteiger partial charge is 0.360 e. The number of hydrogen-bond donors (Lipinski definition) is 1. The molecule has 0 radical (unpaired) electrons. The van der Waals surface area contributed by atoms with Gasteiger partial charge < -0.3 is 14.6 Å². The molecule has 6 nitrogen and oxygen atoms in total. The van der Waals surface area contributed by atoms with Crippen molar-refractivity contribution in [2.45, 2.75) is 0 Å². The summed E-state index contributed by atoms with van der Waals surface area (Å²) in [5.74, 6) is 0.350. The molecule has 0 amide bonds. The van der Waals surface area contributed by atoms with Crippen LogP contribution in [0.3, 0.4) is 0 Å². The minimum Gasteiger partial charge on any atom is -0.421 e. The summed E-state index contributed by atoms with van der Waals surface area (Å²) in [6, 6.07) is 9.06. The summed E-state index contributed by atoms with van der Waals surface area (Å²) in [4.78, 5) is 22.2. The molecule has 0 fully saturated rings. The molecule has 0 saturated heterocycles. The maximum absolute atomic E-state index is 11.9. The van der Waals surface area contributed by atoms with Gasteiger partial charge >= 0.3 is 5.63 Å². The zero-order valence-electron chi connectivity index (χ0n) is 11.7. The van der Waals surface area contributed by atoms with Gasteiger partial charge in [-0.3, -0.25) is 0 Å². The van der Waals surface area contributed by atoms with Gasteiger partial charge in [0, 0.05) is 19.5 Å². The van der Waals surface area contributed by atoms with Crippen molar-refractivity contribution >= 4 is 28.3 Å². The van der Waals surface area contributed by atoms with Crippen molar-refractivity contribution < 1.29 is 4.42 Å². The van der Waals surface area contributed by atoms with Crippen LogP contribution in [0.15, 0.2) is 51.9 Å². The highest BCUT2D eigenvalue weighted by Gasteiger charge is 2.07. The van der Waals surface area contributed by atoms with E-state index in [1.54, 1.807) is 24.5 Å². The Kier molecular flexibility index (Phi) is 3.27. The molecule has 106 valence electrons. The maximum Gasteiger partial charge on any atom is 0.360 e. The fraction of sp³-hybridized carbons (Fsp3) is 0.133. The molecular formula is C15H14N4O2. The first-order valence-electron chi connectivity index (χ1n) is 6.43. The van der Waals surface area contributed by atoms with Crippen LogP contribution in [0.4, 0.5) is 17.3 Å². The van der Waals surface area contributed by atoms with Crippen LogP contribution in [0.25, 0.3) is 11.0 Å². The molecule has 0 bridgehead atoms. The number of benzene rings is 1. The van der Waals surface area contributed by atoms with Crippen LogP contribution in [0.1, 0.15) is 0 Å². The molecule has 0 saturated carbocycles. The molecule has 3 aromatic rings. The average molecular weight is 282 g/mol. The predicted molar refractivity (Wildman–Crippen MR) is 82.1 cm³/mol. The zero-order valence-corrected chi connectivity index (χ0v) is 11.7. The van der Waals surface area contributed by atoms with Gasteiger partial charge in [-0.05, 0) is 12.1 Å². The Morgan fingerprint density at radius 2 is 1.86 bits per heavy atom. The van der Waals surface area contributed by atoms with E-state index < -0.39 is 5.63 Å². The average Bonchev–Trinajstić information content (AvgIpc) is 2.48. The fourth-order valence-electron chi connectivity index (χ4n) is 1.89. The first-order valence-corrected chi connectivity index (χ1v) is 6.43. The number of nitrogens with one attached hydrogen (secondary N) is 1. The van der Waals surface area contributed by atoms with Gasteiger partial charge in [-0.2, -0.15) is 0 Å². The summed E-state index contributed by atoms with van der Waals surface area (Å²) in [7, 11) is 3.81. The maximum atomic E-state index is 11.9. The molecule has 1 N–H and O–H groups in total. The second-order valence-electron chi connectivity index (χ2n) is 4.77. The summed E-state index contributed by atoms with van der Waals surface area (Å²) in [6.07, 6.45) is 3.36. The SMILES string of the molecule is CN(C)c1cnc(Nc2cc3ccccc3oc2=O)nc1. The van der Waals surface area contributed by atoms with E-state index in [0.29, 0.717) is 17.2 Å². The quantitative estimate of drug-likeness (QED) is 0.744. The number of para-hydroxylation sites is 1. The van der Waals surface area contributed by atoms with Gasteiger partial charge in [0.25, 0.3) is 0 Å². The molecule has 2 aromatic heterocycles. The molecule has 0 aliphatic heterocycles. The largest absolute Gasteiger partial charge is 0.421 e. The van der Waals surface area contributed by atoms with Crippen LogP contribution in [0.2, 0.25) is 0 Å². The molecule has 0 spiro atoms. The van der Waals surface area contributed by atoms with Crippen LogP contribution >= 0.6 is 0 Å². The highest BCUT2D eigenvalue weighted by atomic mass is 16.4. The van der Waals surface area contributed by atoms with Crippen LogP contribution in [0.5, 0.6) is 0 Å². The van der Waals surface area contributed by atoms with E-state index in [1.807, 2.05) is 37.2 Å². The third-order valence-corrected chi connectivity index (χ3v) is 3.04. The number of anilines is 3. The minimum absolute atomic E-state index is 0.311. The molecule has 0 aliphatic carbocycles. The lowest BCUT2D eigenvalue weighted by Crippen LogP contribution is -2.11. The Morgan fingerprint density at radius 1 is 1.14 bits per heavy atom. The predicted octanol–water partition coefficient (Wildman–Crippen LogP) is 2.39. The number of aromatic nitrogens is 2. The summed E-state index contributed by atoms with van der Waals surface area (Å²) >= 11 is 0. The second-order valence-corrected chi connectivity index (χ2v) is 4.77. The van der Waals surface area contributed by atoms with E-state index in [1.165, 1.54) is 0 Å². The third-order valence-electron chi connectivity index (χ3n) is 3.04. The van der Waals surface area contributed by atoms with E-state index in [-0.39, 0.29) is 0 Å². The van der Waals surface area contributed by atoms with Crippen LogP contribution in [-0.2, 0) is 0 Å². The van der Waals surface area contributed by atoms with E-state index in [4.69, 9.17) is 4.42 Å². The van der Waals surface area contributed by atoms with E-state index in [0.717, 1.165) is 11.1 Å². The molecule has 0 aliphatic rings. The lowest BCUT2D eigenvalue weighted by molar-refractivity contribution is 0.564. The molecule has 2 heterocycles. The summed E-state index contributed by atoms with van der Waals surface area (Å²) in [6.45, 7) is 0. The zero-order chi connectivity index (χ0) is 14.8. The number of fused-ring (bicyclic) bond motifs is 1. The monoisotopic (exact) mass is 282 g/mol. The molecule has 0 unspecified atom stereocenters. The molecule has 3 rings (SSSR count). The third kappa shape index (κ3) is 2.69. The lowest BCUT2D eigenvalue weighted by atomic mass is 10.2. The topological polar surface area (TPSA) is 71.3 Å². The number of nitrogens with zero attached hydrogens (tertiary/aromatic N) is 3. The van der Waals surface area contributed by atoms with E-state index >= 15 is 0 Å². The van der Waals surface area contributed by atoms with Gasteiger partial charge in [0.15, 0.2) is 0 Å². The Balaban J connectivity index is 1.94. The van der Waals surface area contributed by atoms with Gasteiger partial charge in [-0.1, -0.05) is 18.2 Å². The minimum atomic E-state index is -0.450. The van der Waals surface area contributed by atoms with Crippen molar-refractivity contribution in [3.05, 3.63) is 53.1 Å². The van der Waals surface area contributed by atoms with Crippen LogP contribution in [-0.4, -0.2) is 24.1 Å². The Hall–Kier alpha value is -2.89. The van der Waals surface area contributed by atoms with E-state index in [2.05, 4.69) is 15.3 Å². The summed E-state index contributed by atoms with van der Waals surface area (Å²) in [5.41, 5.74) is 1.29. The van der Waals surface area contributed by atoms with Gasteiger partial charge in [0.2, 0.25) is 5.95 Å². The number of rotatable bonds is 3. The normalized spacial score (nSPS) is 10.6. The van der Waals surface area contributed by atoms with Crippen molar-refractivity contribution in [3.63, 3.8) is 0 Å². The highest BCUT2D eigenvalue weighted by Crippen LogP contribution is 2.17. The van der Waals surface area contributed by atoms with Gasteiger partial charge in [-0.15, -0.1) is 0 Å². The fourth-order valence-corrected chi connectivity index (χ4v) is 1.89. The van der Waals surface area contributed by atoms with Gasteiger partial charge in [0.05, 0.1) is 18.1 Å². The number of hydrogen-bond acceptors (Lipinski definition) is 6. The van der Waals surface area contributed by atoms with Crippen LogP contribution in [0, 0.1) is 0 Å². The summed E-state index contributed by atoms with van der Waals surface area (Å²) in [5, 5.41) is 3.72. The van der Waals surface area contributed by atoms with Crippen molar-refractivity contribution in [2.75, 3.05) is 24.3 Å². The van der Waals surface area contributed by atoms with Gasteiger partial charge in [-0.25, -0.2) is 14.8 Å². The highest BCUT2D eigenvalue weighted by molar-refractivity contribution is 5.80. The van der Waals surface area contributed by atoms with Crippen LogP contribution < -0.4 is 15.8 Å². The van der Waals surface area contributed by atoms with Crippen molar-refractivity contribution in [2.24, 2.45) is 0 Å². The molecule has 0 atom stereocenters.